The Morgan fingerprint density at radius 1 is 1.35 bits per heavy atom. The molecule has 1 amide bonds. The first-order chi connectivity index (χ1) is 12.2. The van der Waals surface area contributed by atoms with Crippen molar-refractivity contribution in [3.8, 4) is 0 Å². The number of alkyl halides is 2. The molecule has 2 N–H and O–H groups in total. The van der Waals surface area contributed by atoms with Crippen LogP contribution in [-0.2, 0) is 16.1 Å². The van der Waals surface area contributed by atoms with Crippen LogP contribution in [0, 0.1) is 5.92 Å². The number of hydrogen-bond acceptors (Lipinski definition) is 3. The number of nitrogens with zero attached hydrogens (tertiary/aromatic N) is 1. The number of aromatic nitrogens is 1. The van der Waals surface area contributed by atoms with Gasteiger partial charge in [-0.3, -0.25) is 14.4 Å². The zero-order valence-corrected chi connectivity index (χ0v) is 14.1. The minimum absolute atomic E-state index is 0.134. The third-order valence-corrected chi connectivity index (χ3v) is 4.61. The lowest BCUT2D eigenvalue weighted by atomic mass is 10.1. The Kier molecular flexibility index (Phi) is 4.52. The molecule has 0 aliphatic heterocycles. The maximum atomic E-state index is 13.3. The van der Waals surface area contributed by atoms with E-state index in [1.54, 1.807) is 18.2 Å². The van der Waals surface area contributed by atoms with E-state index in [4.69, 9.17) is 5.11 Å². The molecule has 8 heteroatoms. The molecular weight excluding hydrogens is 346 g/mol. The molecule has 26 heavy (non-hydrogen) atoms. The number of hydrogen-bond donors (Lipinski definition) is 2. The molecule has 0 saturated heterocycles. The first kappa shape index (κ1) is 18.0. The van der Waals surface area contributed by atoms with Gasteiger partial charge in [0, 0.05) is 47.1 Å². The molecule has 0 spiro atoms. The van der Waals surface area contributed by atoms with Crippen LogP contribution >= 0.6 is 0 Å². The summed E-state index contributed by atoms with van der Waals surface area (Å²) in [5, 5.41) is 12.1. The normalized spacial score (nSPS) is 18.8. The zero-order valence-electron chi connectivity index (χ0n) is 14.1. The summed E-state index contributed by atoms with van der Waals surface area (Å²) in [4.78, 5) is 35.0. The molecule has 2 aromatic rings. The Balaban J connectivity index is 1.89. The molecule has 1 fully saturated rings. The maximum absolute atomic E-state index is 13.3. The number of ketones is 1. The summed E-state index contributed by atoms with van der Waals surface area (Å²) < 4.78 is 28.0. The molecule has 1 aromatic carbocycles. The van der Waals surface area contributed by atoms with E-state index in [0.29, 0.717) is 22.2 Å². The van der Waals surface area contributed by atoms with Crippen LogP contribution in [0.5, 0.6) is 0 Å². The third-order valence-electron chi connectivity index (χ3n) is 4.61. The van der Waals surface area contributed by atoms with Crippen molar-refractivity contribution in [3.63, 3.8) is 0 Å². The molecule has 138 valence electrons. The van der Waals surface area contributed by atoms with Crippen LogP contribution < -0.4 is 5.32 Å². The van der Waals surface area contributed by atoms with Crippen LogP contribution in [0.15, 0.2) is 24.4 Å². The molecule has 0 bridgehead atoms. The Hall–Kier alpha value is -2.77. The lowest BCUT2D eigenvalue weighted by molar-refractivity contribution is -0.137. The van der Waals surface area contributed by atoms with Crippen LogP contribution in [0.3, 0.4) is 0 Å². The molecule has 0 radical (unpaired) electrons. The number of carboxylic acid groups (broad SMARTS) is 1. The second kappa shape index (κ2) is 6.51. The fourth-order valence-electron chi connectivity index (χ4n) is 3.35. The van der Waals surface area contributed by atoms with Gasteiger partial charge in [0.15, 0.2) is 5.78 Å². The van der Waals surface area contributed by atoms with Gasteiger partial charge in [-0.15, -0.1) is 0 Å². The number of carboxylic acids is 1. The molecule has 1 aliphatic carbocycles. The molecule has 1 unspecified atom stereocenters. The quantitative estimate of drug-likeness (QED) is 0.797. The van der Waals surface area contributed by atoms with Crippen LogP contribution in [0.25, 0.3) is 10.9 Å². The summed E-state index contributed by atoms with van der Waals surface area (Å²) in [5.41, 5.74) is 1.26. The first-order valence-electron chi connectivity index (χ1n) is 8.20. The van der Waals surface area contributed by atoms with Gasteiger partial charge in [-0.2, -0.15) is 0 Å². The van der Waals surface area contributed by atoms with Crippen molar-refractivity contribution in [2.75, 3.05) is 5.32 Å². The molecule has 1 atom stereocenters. The van der Waals surface area contributed by atoms with Crippen LogP contribution in [0.4, 0.5) is 14.5 Å². The van der Waals surface area contributed by atoms with E-state index in [-0.39, 0.29) is 25.2 Å². The minimum Gasteiger partial charge on any atom is -0.480 e. The number of carbonyl (C=O) groups excluding carboxylic acids is 2. The van der Waals surface area contributed by atoms with Crippen molar-refractivity contribution < 1.29 is 28.3 Å². The number of benzene rings is 1. The lowest BCUT2D eigenvalue weighted by Gasteiger charge is -2.12. The number of carbonyl (C=O) groups is 3. The van der Waals surface area contributed by atoms with E-state index < -0.39 is 30.1 Å². The van der Waals surface area contributed by atoms with Crippen molar-refractivity contribution in [1.29, 1.82) is 0 Å². The molecular formula is C18H18F2N2O4. The number of amides is 1. The van der Waals surface area contributed by atoms with Gasteiger partial charge in [0.25, 0.3) is 0 Å². The van der Waals surface area contributed by atoms with Crippen molar-refractivity contribution >= 4 is 34.3 Å². The molecule has 3 rings (SSSR count). The predicted molar refractivity (Wildman–Crippen MR) is 90.5 cm³/mol. The number of Topliss-reactive ketones (excluding diaryl/α,β-unsaturated/α-hetero) is 1. The van der Waals surface area contributed by atoms with E-state index in [1.807, 2.05) is 0 Å². The average Bonchev–Trinajstić information content (AvgIpc) is 3.07. The fourth-order valence-corrected chi connectivity index (χ4v) is 3.35. The Labute approximate surface area is 147 Å². The van der Waals surface area contributed by atoms with Crippen molar-refractivity contribution in [2.24, 2.45) is 5.92 Å². The van der Waals surface area contributed by atoms with Crippen molar-refractivity contribution in [2.45, 2.75) is 38.7 Å². The number of nitrogens with one attached hydrogen (secondary N) is 1. The highest BCUT2D eigenvalue weighted by atomic mass is 19.3. The van der Waals surface area contributed by atoms with Gasteiger partial charge in [0.05, 0.1) is 0 Å². The molecule has 1 aliphatic rings. The highest BCUT2D eigenvalue weighted by molar-refractivity contribution is 6.08. The van der Waals surface area contributed by atoms with Gasteiger partial charge >= 0.3 is 5.97 Å². The SMILES string of the molecule is CC(=O)c1cn(CC(=O)O)c2ccc(NC(=O)C3CCC(F)(F)C3)cc12. The summed E-state index contributed by atoms with van der Waals surface area (Å²) >= 11 is 0. The smallest absolute Gasteiger partial charge is 0.323 e. The van der Waals surface area contributed by atoms with Crippen molar-refractivity contribution in [3.05, 3.63) is 30.0 Å². The summed E-state index contributed by atoms with van der Waals surface area (Å²) in [7, 11) is 0. The summed E-state index contributed by atoms with van der Waals surface area (Å²) in [6.07, 6.45) is 0.838. The summed E-state index contributed by atoms with van der Waals surface area (Å²) in [6.45, 7) is 1.07. The van der Waals surface area contributed by atoms with Gasteiger partial charge < -0.3 is 15.0 Å². The third kappa shape index (κ3) is 3.58. The van der Waals surface area contributed by atoms with Crippen molar-refractivity contribution in [1.82, 2.24) is 4.57 Å². The monoisotopic (exact) mass is 364 g/mol. The molecule has 6 nitrogen and oxygen atoms in total. The van der Waals surface area contributed by atoms with E-state index in [9.17, 15) is 23.2 Å². The highest BCUT2D eigenvalue weighted by Crippen LogP contribution is 2.39. The first-order valence-corrected chi connectivity index (χ1v) is 8.20. The predicted octanol–water partition coefficient (Wildman–Crippen LogP) is 3.30. The maximum Gasteiger partial charge on any atom is 0.323 e. The van der Waals surface area contributed by atoms with Crippen LogP contribution in [-0.4, -0.2) is 33.3 Å². The molecule has 1 heterocycles. The van der Waals surface area contributed by atoms with Gasteiger partial charge in [0.2, 0.25) is 11.8 Å². The lowest BCUT2D eigenvalue weighted by Crippen LogP contribution is -2.22. The van der Waals surface area contributed by atoms with Gasteiger partial charge in [0.1, 0.15) is 6.54 Å². The summed E-state index contributed by atoms with van der Waals surface area (Å²) in [5.74, 6) is -5.31. The minimum atomic E-state index is -2.80. The van der Waals surface area contributed by atoms with Gasteiger partial charge in [-0.05, 0) is 31.5 Å². The van der Waals surface area contributed by atoms with Crippen LogP contribution in [0.1, 0.15) is 36.5 Å². The second-order valence-corrected chi connectivity index (χ2v) is 6.64. The van der Waals surface area contributed by atoms with E-state index in [0.717, 1.165) is 0 Å². The fraction of sp³-hybridized carbons (Fsp3) is 0.389. The zero-order chi connectivity index (χ0) is 19.1. The number of fused-ring (bicyclic) bond motifs is 1. The Morgan fingerprint density at radius 2 is 2.08 bits per heavy atom. The topological polar surface area (TPSA) is 88.4 Å². The number of aliphatic carboxylic acids is 1. The van der Waals surface area contributed by atoms with E-state index in [1.165, 1.54) is 17.7 Å². The Bertz CT molecular complexity index is 904. The average molecular weight is 364 g/mol. The number of anilines is 1. The van der Waals surface area contributed by atoms with E-state index in [2.05, 4.69) is 5.32 Å². The largest absolute Gasteiger partial charge is 0.480 e. The molecule has 1 aromatic heterocycles. The molecule has 1 saturated carbocycles. The van der Waals surface area contributed by atoms with Gasteiger partial charge in [-0.1, -0.05) is 0 Å². The second-order valence-electron chi connectivity index (χ2n) is 6.64. The standard InChI is InChI=1S/C18H18F2N2O4/c1-10(23)14-8-22(9-16(24)25)15-3-2-12(6-13(14)15)21-17(26)11-4-5-18(19,20)7-11/h2-3,6,8,11H,4-5,7,9H2,1H3,(H,21,26)(H,24,25). The number of rotatable bonds is 5. The Morgan fingerprint density at radius 3 is 2.65 bits per heavy atom. The number of halogens is 2. The van der Waals surface area contributed by atoms with Gasteiger partial charge in [-0.25, -0.2) is 8.78 Å². The summed E-state index contributed by atoms with van der Waals surface area (Å²) in [6, 6.07) is 4.73. The highest BCUT2D eigenvalue weighted by Gasteiger charge is 2.42. The van der Waals surface area contributed by atoms with E-state index >= 15 is 0 Å². The van der Waals surface area contributed by atoms with Crippen LogP contribution in [0.2, 0.25) is 0 Å².